The zero-order chi connectivity index (χ0) is 14.4. The van der Waals surface area contributed by atoms with Crippen molar-refractivity contribution >= 4 is 5.91 Å². The highest BCUT2D eigenvalue weighted by Gasteiger charge is 2.09. The van der Waals surface area contributed by atoms with Crippen molar-refractivity contribution in [2.24, 2.45) is 5.92 Å². The molecule has 1 aromatic carbocycles. The summed E-state index contributed by atoms with van der Waals surface area (Å²) >= 11 is 0. The molecule has 0 aliphatic carbocycles. The number of aryl methyl sites for hydroxylation is 2. The summed E-state index contributed by atoms with van der Waals surface area (Å²) in [4.78, 5) is 11.4. The van der Waals surface area contributed by atoms with E-state index in [1.807, 2.05) is 13.8 Å². The van der Waals surface area contributed by atoms with E-state index < -0.39 is 0 Å². The number of carbonyl (C=O) groups is 1. The summed E-state index contributed by atoms with van der Waals surface area (Å²) in [5.74, 6) is 0.164. The van der Waals surface area contributed by atoms with Crippen molar-refractivity contribution in [3.05, 3.63) is 34.9 Å². The van der Waals surface area contributed by atoms with Crippen LogP contribution in [0.2, 0.25) is 0 Å². The van der Waals surface area contributed by atoms with Crippen molar-refractivity contribution in [3.8, 4) is 0 Å². The number of hydrogen-bond donors (Lipinski definition) is 2. The Labute approximate surface area is 116 Å². The van der Waals surface area contributed by atoms with Gasteiger partial charge in [0.2, 0.25) is 5.91 Å². The first-order chi connectivity index (χ1) is 8.91. The maximum absolute atomic E-state index is 11.4. The van der Waals surface area contributed by atoms with Crippen molar-refractivity contribution in [2.75, 3.05) is 13.1 Å². The van der Waals surface area contributed by atoms with Crippen LogP contribution < -0.4 is 10.6 Å². The van der Waals surface area contributed by atoms with Crippen molar-refractivity contribution in [2.45, 2.75) is 40.7 Å². The summed E-state index contributed by atoms with van der Waals surface area (Å²) < 4.78 is 0. The molecule has 0 radical (unpaired) electrons. The maximum Gasteiger partial charge on any atom is 0.222 e. The number of rotatable bonds is 6. The second kappa shape index (κ2) is 7.29. The largest absolute Gasteiger partial charge is 0.355 e. The molecule has 0 saturated heterocycles. The molecule has 19 heavy (non-hydrogen) atoms. The standard InChI is InChI=1S/C16H26N2O/c1-11(2)16(19)18-9-8-17-14(5)15-10-12(3)6-7-13(15)4/h6-7,10-11,14,17H,8-9H2,1-5H3,(H,18,19). The van der Waals surface area contributed by atoms with E-state index in [1.54, 1.807) is 0 Å². The van der Waals surface area contributed by atoms with E-state index in [2.05, 4.69) is 49.6 Å². The van der Waals surface area contributed by atoms with E-state index in [9.17, 15) is 4.79 Å². The topological polar surface area (TPSA) is 41.1 Å². The predicted molar refractivity (Wildman–Crippen MR) is 80.2 cm³/mol. The van der Waals surface area contributed by atoms with E-state index in [4.69, 9.17) is 0 Å². The van der Waals surface area contributed by atoms with Gasteiger partial charge in [-0.05, 0) is 31.9 Å². The highest BCUT2D eigenvalue weighted by Crippen LogP contribution is 2.18. The molecule has 1 atom stereocenters. The minimum Gasteiger partial charge on any atom is -0.355 e. The lowest BCUT2D eigenvalue weighted by atomic mass is 10.00. The van der Waals surface area contributed by atoms with Gasteiger partial charge in [0.15, 0.2) is 0 Å². The van der Waals surface area contributed by atoms with Crippen molar-refractivity contribution < 1.29 is 4.79 Å². The van der Waals surface area contributed by atoms with Crippen LogP contribution in [0.3, 0.4) is 0 Å². The fourth-order valence-electron chi connectivity index (χ4n) is 2.01. The lowest BCUT2D eigenvalue weighted by molar-refractivity contribution is -0.123. The molecule has 3 nitrogen and oxygen atoms in total. The molecule has 0 saturated carbocycles. The van der Waals surface area contributed by atoms with Crippen LogP contribution in [0, 0.1) is 19.8 Å². The molecule has 3 heteroatoms. The predicted octanol–water partition coefficient (Wildman–Crippen LogP) is 2.73. The maximum atomic E-state index is 11.4. The highest BCUT2D eigenvalue weighted by atomic mass is 16.1. The molecule has 0 aromatic heterocycles. The normalized spacial score (nSPS) is 12.5. The minimum atomic E-state index is 0.0523. The van der Waals surface area contributed by atoms with Crippen LogP contribution in [-0.4, -0.2) is 19.0 Å². The molecule has 0 aliphatic rings. The molecule has 0 spiro atoms. The number of carbonyl (C=O) groups excluding carboxylic acids is 1. The number of hydrogen-bond acceptors (Lipinski definition) is 2. The average molecular weight is 262 g/mol. The Morgan fingerprint density at radius 2 is 1.84 bits per heavy atom. The molecule has 0 heterocycles. The SMILES string of the molecule is Cc1ccc(C)c(C(C)NCCNC(=O)C(C)C)c1. The first-order valence-electron chi connectivity index (χ1n) is 7.00. The first kappa shape index (κ1) is 15.7. The van der Waals surface area contributed by atoms with Gasteiger partial charge in [0.25, 0.3) is 0 Å². The zero-order valence-corrected chi connectivity index (χ0v) is 12.7. The van der Waals surface area contributed by atoms with Gasteiger partial charge in [0, 0.05) is 25.0 Å². The number of benzene rings is 1. The van der Waals surface area contributed by atoms with Crippen LogP contribution in [0.5, 0.6) is 0 Å². The Bertz CT molecular complexity index is 427. The van der Waals surface area contributed by atoms with Crippen molar-refractivity contribution in [1.82, 2.24) is 10.6 Å². The van der Waals surface area contributed by atoms with Gasteiger partial charge in [-0.15, -0.1) is 0 Å². The Morgan fingerprint density at radius 1 is 1.16 bits per heavy atom. The van der Waals surface area contributed by atoms with Crippen LogP contribution in [0.15, 0.2) is 18.2 Å². The third-order valence-electron chi connectivity index (χ3n) is 3.30. The fraction of sp³-hybridized carbons (Fsp3) is 0.562. The van der Waals surface area contributed by atoms with Crippen LogP contribution in [0.1, 0.15) is 43.5 Å². The van der Waals surface area contributed by atoms with E-state index in [0.717, 1.165) is 6.54 Å². The Morgan fingerprint density at radius 3 is 2.47 bits per heavy atom. The summed E-state index contributed by atoms with van der Waals surface area (Å²) in [6.45, 7) is 11.7. The molecule has 1 amide bonds. The average Bonchev–Trinajstić information content (AvgIpc) is 2.36. The second-order valence-corrected chi connectivity index (χ2v) is 5.48. The molecule has 2 N–H and O–H groups in total. The van der Waals surface area contributed by atoms with Crippen LogP contribution in [-0.2, 0) is 4.79 Å². The molecule has 1 unspecified atom stereocenters. The molecule has 106 valence electrons. The Kier molecular flexibility index (Phi) is 6.03. The zero-order valence-electron chi connectivity index (χ0n) is 12.7. The van der Waals surface area contributed by atoms with Crippen LogP contribution >= 0.6 is 0 Å². The fourth-order valence-corrected chi connectivity index (χ4v) is 2.01. The third kappa shape index (κ3) is 5.03. The van der Waals surface area contributed by atoms with E-state index in [-0.39, 0.29) is 11.8 Å². The number of nitrogens with one attached hydrogen (secondary N) is 2. The number of amides is 1. The lowest BCUT2D eigenvalue weighted by Crippen LogP contribution is -2.35. The van der Waals surface area contributed by atoms with Crippen LogP contribution in [0.25, 0.3) is 0 Å². The molecule has 0 bridgehead atoms. The Hall–Kier alpha value is -1.35. The summed E-state index contributed by atoms with van der Waals surface area (Å²) in [5.41, 5.74) is 3.91. The molecule has 1 rings (SSSR count). The molecule has 0 fully saturated rings. The van der Waals surface area contributed by atoms with E-state index in [0.29, 0.717) is 12.6 Å². The second-order valence-electron chi connectivity index (χ2n) is 5.48. The van der Waals surface area contributed by atoms with Gasteiger partial charge in [-0.1, -0.05) is 37.6 Å². The van der Waals surface area contributed by atoms with Gasteiger partial charge in [-0.2, -0.15) is 0 Å². The summed E-state index contributed by atoms with van der Waals surface area (Å²) in [6, 6.07) is 6.81. The molecule has 1 aromatic rings. The quantitative estimate of drug-likeness (QED) is 0.774. The van der Waals surface area contributed by atoms with Gasteiger partial charge in [-0.25, -0.2) is 0 Å². The monoisotopic (exact) mass is 262 g/mol. The van der Waals surface area contributed by atoms with Gasteiger partial charge in [0.05, 0.1) is 0 Å². The van der Waals surface area contributed by atoms with Crippen molar-refractivity contribution in [3.63, 3.8) is 0 Å². The van der Waals surface area contributed by atoms with Crippen LogP contribution in [0.4, 0.5) is 0 Å². The van der Waals surface area contributed by atoms with Gasteiger partial charge in [-0.3, -0.25) is 4.79 Å². The lowest BCUT2D eigenvalue weighted by Gasteiger charge is -2.17. The minimum absolute atomic E-state index is 0.0523. The van der Waals surface area contributed by atoms with Crippen molar-refractivity contribution in [1.29, 1.82) is 0 Å². The summed E-state index contributed by atoms with van der Waals surface area (Å²) in [6.07, 6.45) is 0. The summed E-state index contributed by atoms with van der Waals surface area (Å²) in [5, 5.41) is 6.36. The molecular weight excluding hydrogens is 236 g/mol. The van der Waals surface area contributed by atoms with E-state index in [1.165, 1.54) is 16.7 Å². The van der Waals surface area contributed by atoms with Gasteiger partial charge < -0.3 is 10.6 Å². The first-order valence-corrected chi connectivity index (χ1v) is 7.00. The Balaban J connectivity index is 2.41. The molecule has 0 aliphatic heterocycles. The van der Waals surface area contributed by atoms with Gasteiger partial charge in [0.1, 0.15) is 0 Å². The van der Waals surface area contributed by atoms with E-state index >= 15 is 0 Å². The smallest absolute Gasteiger partial charge is 0.222 e. The highest BCUT2D eigenvalue weighted by molar-refractivity contribution is 5.77. The van der Waals surface area contributed by atoms with Gasteiger partial charge >= 0.3 is 0 Å². The third-order valence-corrected chi connectivity index (χ3v) is 3.30. The summed E-state index contributed by atoms with van der Waals surface area (Å²) in [7, 11) is 0. The molecular formula is C16H26N2O.